The first kappa shape index (κ1) is 15.5. The van der Waals surface area contributed by atoms with E-state index in [-0.39, 0.29) is 18.4 Å². The summed E-state index contributed by atoms with van der Waals surface area (Å²) >= 11 is 5.92. The van der Waals surface area contributed by atoms with E-state index >= 15 is 0 Å². The fourth-order valence-electron chi connectivity index (χ4n) is 1.81. The summed E-state index contributed by atoms with van der Waals surface area (Å²) in [5.41, 5.74) is 0.771. The molecule has 1 amide bonds. The van der Waals surface area contributed by atoms with E-state index in [9.17, 15) is 4.79 Å². The molecule has 2 rings (SSSR count). The van der Waals surface area contributed by atoms with Gasteiger partial charge in [0.05, 0.1) is 6.54 Å². The van der Waals surface area contributed by atoms with Gasteiger partial charge in [-0.25, -0.2) is 0 Å². The maximum atomic E-state index is 11.8. The molecule has 1 heterocycles. The first-order chi connectivity index (χ1) is 10.1. The van der Waals surface area contributed by atoms with E-state index in [0.29, 0.717) is 23.3 Å². The molecule has 0 saturated heterocycles. The molecular formula is C14H17ClN4O2. The van der Waals surface area contributed by atoms with Crippen LogP contribution in [0.2, 0.25) is 5.02 Å². The Balaban J connectivity index is 1.96. The van der Waals surface area contributed by atoms with Gasteiger partial charge in [0.2, 0.25) is 17.6 Å². The molecule has 0 aliphatic heterocycles. The van der Waals surface area contributed by atoms with E-state index in [0.717, 1.165) is 5.56 Å². The van der Waals surface area contributed by atoms with E-state index in [4.69, 9.17) is 16.1 Å². The summed E-state index contributed by atoms with van der Waals surface area (Å²) in [6.45, 7) is 2.67. The van der Waals surface area contributed by atoms with Crippen LogP contribution in [0.1, 0.15) is 12.8 Å². The molecule has 0 spiro atoms. The van der Waals surface area contributed by atoms with Crippen molar-refractivity contribution in [3.05, 3.63) is 35.2 Å². The molecule has 7 heteroatoms. The second kappa shape index (κ2) is 7.19. The average molecular weight is 309 g/mol. The summed E-state index contributed by atoms with van der Waals surface area (Å²) in [5, 5.41) is 10.2. The van der Waals surface area contributed by atoms with E-state index < -0.39 is 0 Å². The number of nitrogens with one attached hydrogen (secondary N) is 2. The third kappa shape index (κ3) is 4.27. The molecule has 1 aromatic carbocycles. The van der Waals surface area contributed by atoms with Gasteiger partial charge in [-0.2, -0.15) is 4.98 Å². The van der Waals surface area contributed by atoms with Gasteiger partial charge < -0.3 is 15.2 Å². The third-order valence-electron chi connectivity index (χ3n) is 2.92. The molecule has 112 valence electrons. The molecule has 21 heavy (non-hydrogen) atoms. The van der Waals surface area contributed by atoms with Crippen molar-refractivity contribution in [2.45, 2.75) is 13.5 Å². The molecule has 0 aliphatic rings. The van der Waals surface area contributed by atoms with Crippen LogP contribution in [0.3, 0.4) is 0 Å². The average Bonchev–Trinajstić information content (AvgIpc) is 2.94. The molecule has 1 unspecified atom stereocenters. The first-order valence-corrected chi connectivity index (χ1v) is 6.98. The predicted octanol–water partition coefficient (Wildman–Crippen LogP) is 1.86. The Kier molecular flexibility index (Phi) is 5.30. The fraction of sp³-hybridized carbons (Fsp3) is 0.357. The Morgan fingerprint density at radius 1 is 1.48 bits per heavy atom. The van der Waals surface area contributed by atoms with Crippen molar-refractivity contribution in [1.82, 2.24) is 20.8 Å². The number of hydrogen-bond donors (Lipinski definition) is 2. The lowest BCUT2D eigenvalue weighted by molar-refractivity contribution is -0.124. The van der Waals surface area contributed by atoms with Gasteiger partial charge in [0, 0.05) is 23.0 Å². The number of benzene rings is 1. The zero-order valence-corrected chi connectivity index (χ0v) is 12.6. The fourth-order valence-corrected chi connectivity index (χ4v) is 2.00. The minimum Gasteiger partial charge on any atom is -0.347 e. The summed E-state index contributed by atoms with van der Waals surface area (Å²) in [6, 6.07) is 7.18. The Bertz CT molecular complexity index is 615. The van der Waals surface area contributed by atoms with Crippen LogP contribution in [0.15, 0.2) is 28.8 Å². The molecule has 1 atom stereocenters. The number of nitrogens with zero attached hydrogens (tertiary/aromatic N) is 2. The largest absolute Gasteiger partial charge is 0.347 e. The number of halogens is 1. The monoisotopic (exact) mass is 308 g/mol. The zero-order chi connectivity index (χ0) is 15.2. The van der Waals surface area contributed by atoms with Gasteiger partial charge in [0.15, 0.2) is 0 Å². The van der Waals surface area contributed by atoms with Gasteiger partial charge in [-0.3, -0.25) is 4.79 Å². The summed E-state index contributed by atoms with van der Waals surface area (Å²) in [6.07, 6.45) is 0. The van der Waals surface area contributed by atoms with Crippen molar-refractivity contribution in [2.24, 2.45) is 5.92 Å². The second-order valence-corrected chi connectivity index (χ2v) is 5.14. The molecule has 0 bridgehead atoms. The van der Waals surface area contributed by atoms with Crippen LogP contribution in [0, 0.1) is 5.92 Å². The number of hydrogen-bond acceptors (Lipinski definition) is 5. The number of amides is 1. The van der Waals surface area contributed by atoms with Gasteiger partial charge in [0.25, 0.3) is 0 Å². The summed E-state index contributed by atoms with van der Waals surface area (Å²) < 4.78 is 5.11. The Hall–Kier alpha value is -1.92. The van der Waals surface area contributed by atoms with Crippen LogP contribution in [0.5, 0.6) is 0 Å². The minimum atomic E-state index is -0.120. The van der Waals surface area contributed by atoms with Crippen LogP contribution >= 0.6 is 11.6 Å². The summed E-state index contributed by atoms with van der Waals surface area (Å²) in [4.78, 5) is 16.0. The van der Waals surface area contributed by atoms with E-state index in [1.54, 1.807) is 19.2 Å². The highest BCUT2D eigenvalue weighted by atomic mass is 35.5. The van der Waals surface area contributed by atoms with Crippen LogP contribution in [0.4, 0.5) is 0 Å². The van der Waals surface area contributed by atoms with E-state index in [1.807, 2.05) is 19.1 Å². The number of carbonyl (C=O) groups is 1. The Morgan fingerprint density at radius 2 is 2.29 bits per heavy atom. The highest BCUT2D eigenvalue weighted by Crippen LogP contribution is 2.19. The number of aromatic nitrogens is 2. The lowest BCUT2D eigenvalue weighted by Gasteiger charge is -2.09. The number of rotatable bonds is 6. The van der Waals surface area contributed by atoms with Crippen LogP contribution in [-0.2, 0) is 11.3 Å². The maximum Gasteiger partial charge on any atom is 0.246 e. The van der Waals surface area contributed by atoms with Crippen molar-refractivity contribution < 1.29 is 9.32 Å². The van der Waals surface area contributed by atoms with E-state index in [2.05, 4.69) is 20.8 Å². The van der Waals surface area contributed by atoms with Crippen molar-refractivity contribution in [3.8, 4) is 11.4 Å². The van der Waals surface area contributed by atoms with E-state index in [1.165, 1.54) is 0 Å². The molecule has 6 nitrogen and oxygen atoms in total. The van der Waals surface area contributed by atoms with Crippen molar-refractivity contribution in [3.63, 3.8) is 0 Å². The Morgan fingerprint density at radius 3 is 3.00 bits per heavy atom. The molecule has 2 aromatic rings. The quantitative estimate of drug-likeness (QED) is 0.851. The minimum absolute atomic E-state index is 0.0631. The van der Waals surface area contributed by atoms with Crippen LogP contribution < -0.4 is 10.6 Å². The molecule has 0 fully saturated rings. The molecule has 0 saturated carbocycles. The highest BCUT2D eigenvalue weighted by molar-refractivity contribution is 6.30. The predicted molar refractivity (Wildman–Crippen MR) is 79.7 cm³/mol. The third-order valence-corrected chi connectivity index (χ3v) is 3.16. The van der Waals surface area contributed by atoms with Gasteiger partial charge in [-0.15, -0.1) is 0 Å². The smallest absolute Gasteiger partial charge is 0.246 e. The highest BCUT2D eigenvalue weighted by Gasteiger charge is 2.14. The van der Waals surface area contributed by atoms with Crippen LogP contribution in [-0.4, -0.2) is 29.6 Å². The topological polar surface area (TPSA) is 80.0 Å². The van der Waals surface area contributed by atoms with Gasteiger partial charge >= 0.3 is 0 Å². The molecular weight excluding hydrogens is 292 g/mol. The lowest BCUT2D eigenvalue weighted by atomic mass is 10.1. The van der Waals surface area contributed by atoms with Crippen molar-refractivity contribution in [1.29, 1.82) is 0 Å². The normalized spacial score (nSPS) is 12.1. The van der Waals surface area contributed by atoms with Gasteiger partial charge in [-0.05, 0) is 19.2 Å². The van der Waals surface area contributed by atoms with Crippen LogP contribution in [0.25, 0.3) is 11.4 Å². The molecule has 0 radical (unpaired) electrons. The van der Waals surface area contributed by atoms with Crippen molar-refractivity contribution >= 4 is 17.5 Å². The molecule has 1 aromatic heterocycles. The summed E-state index contributed by atoms with van der Waals surface area (Å²) in [5.74, 6) is 0.622. The molecule has 2 N–H and O–H groups in total. The standard InChI is InChI=1S/C14H17ClN4O2/c1-9(7-16-2)14(20)17-8-12-18-13(19-21-12)10-4-3-5-11(15)6-10/h3-6,9,16H,7-8H2,1-2H3,(H,17,20). The SMILES string of the molecule is CNCC(C)C(=O)NCc1nc(-c2cccc(Cl)c2)no1. The van der Waals surface area contributed by atoms with Gasteiger partial charge in [0.1, 0.15) is 0 Å². The van der Waals surface area contributed by atoms with Gasteiger partial charge in [-0.1, -0.05) is 35.8 Å². The zero-order valence-electron chi connectivity index (χ0n) is 11.9. The molecule has 0 aliphatic carbocycles. The maximum absolute atomic E-state index is 11.8. The lowest BCUT2D eigenvalue weighted by Crippen LogP contribution is -2.33. The second-order valence-electron chi connectivity index (χ2n) is 4.70. The van der Waals surface area contributed by atoms with Crippen molar-refractivity contribution in [2.75, 3.05) is 13.6 Å². The summed E-state index contributed by atoms with van der Waals surface area (Å²) in [7, 11) is 1.80. The Labute approximate surface area is 127 Å². The first-order valence-electron chi connectivity index (χ1n) is 6.61. The number of carbonyl (C=O) groups excluding carboxylic acids is 1.